The standard InChI is InChI=1S/C18H19N5OS/c1-2-23-17(13-8-10-14(19)11-9-13)21-22-18(23)25-12-16(24)20-15-6-4-3-5-7-15/h3-11H,2,12,19H2,1H3,(H,20,24). The molecular formula is C18H19N5OS. The lowest BCUT2D eigenvalue weighted by Gasteiger charge is -2.08. The van der Waals surface area contributed by atoms with Gasteiger partial charge in [-0.2, -0.15) is 0 Å². The van der Waals surface area contributed by atoms with Crippen molar-refractivity contribution in [3.63, 3.8) is 0 Å². The number of benzene rings is 2. The van der Waals surface area contributed by atoms with Gasteiger partial charge in [-0.25, -0.2) is 0 Å². The van der Waals surface area contributed by atoms with E-state index in [0.717, 1.165) is 28.8 Å². The van der Waals surface area contributed by atoms with Gasteiger partial charge in [0.1, 0.15) is 0 Å². The molecule has 0 bridgehead atoms. The van der Waals surface area contributed by atoms with E-state index >= 15 is 0 Å². The van der Waals surface area contributed by atoms with Crippen LogP contribution < -0.4 is 11.1 Å². The lowest BCUT2D eigenvalue weighted by atomic mass is 10.2. The number of hydrogen-bond donors (Lipinski definition) is 2. The van der Waals surface area contributed by atoms with Crippen LogP contribution >= 0.6 is 11.8 Å². The van der Waals surface area contributed by atoms with Crippen molar-refractivity contribution >= 4 is 29.0 Å². The Morgan fingerprint density at radius 1 is 1.12 bits per heavy atom. The predicted molar refractivity (Wildman–Crippen MR) is 101 cm³/mol. The lowest BCUT2D eigenvalue weighted by molar-refractivity contribution is -0.113. The number of nitrogens with two attached hydrogens (primary N) is 1. The molecule has 0 radical (unpaired) electrons. The van der Waals surface area contributed by atoms with Crippen LogP contribution in [0, 0.1) is 0 Å². The van der Waals surface area contributed by atoms with Crippen molar-refractivity contribution in [1.82, 2.24) is 14.8 Å². The smallest absolute Gasteiger partial charge is 0.234 e. The van der Waals surface area contributed by atoms with Crippen molar-refractivity contribution in [2.75, 3.05) is 16.8 Å². The number of hydrogen-bond acceptors (Lipinski definition) is 5. The second kappa shape index (κ2) is 7.85. The van der Waals surface area contributed by atoms with Crippen molar-refractivity contribution in [2.24, 2.45) is 0 Å². The van der Waals surface area contributed by atoms with Crippen molar-refractivity contribution in [1.29, 1.82) is 0 Å². The molecule has 128 valence electrons. The maximum Gasteiger partial charge on any atom is 0.234 e. The number of carbonyl (C=O) groups excluding carboxylic acids is 1. The third-order valence-corrected chi connectivity index (χ3v) is 4.56. The summed E-state index contributed by atoms with van der Waals surface area (Å²) in [4.78, 5) is 12.1. The second-order valence-corrected chi connectivity index (χ2v) is 6.32. The lowest BCUT2D eigenvalue weighted by Crippen LogP contribution is -2.14. The molecule has 0 saturated heterocycles. The van der Waals surface area contributed by atoms with E-state index in [4.69, 9.17) is 5.73 Å². The van der Waals surface area contributed by atoms with Gasteiger partial charge in [-0.3, -0.25) is 4.79 Å². The minimum absolute atomic E-state index is 0.0733. The Morgan fingerprint density at radius 2 is 1.84 bits per heavy atom. The van der Waals surface area contributed by atoms with E-state index in [2.05, 4.69) is 15.5 Å². The first-order chi connectivity index (χ1) is 12.2. The van der Waals surface area contributed by atoms with Crippen LogP contribution in [0.5, 0.6) is 0 Å². The number of nitrogens with zero attached hydrogens (tertiary/aromatic N) is 3. The second-order valence-electron chi connectivity index (χ2n) is 5.38. The summed E-state index contributed by atoms with van der Waals surface area (Å²) in [6.07, 6.45) is 0. The number of carbonyl (C=O) groups is 1. The van der Waals surface area contributed by atoms with Gasteiger partial charge in [-0.15, -0.1) is 10.2 Å². The molecule has 0 atom stereocenters. The van der Waals surface area contributed by atoms with Crippen LogP contribution in [0.25, 0.3) is 11.4 Å². The average Bonchev–Trinajstić information content (AvgIpc) is 3.04. The number of amides is 1. The summed E-state index contributed by atoms with van der Waals surface area (Å²) >= 11 is 1.37. The van der Waals surface area contributed by atoms with Crippen molar-refractivity contribution in [3.8, 4) is 11.4 Å². The number of aromatic nitrogens is 3. The summed E-state index contributed by atoms with van der Waals surface area (Å²) in [5.74, 6) is 0.971. The zero-order chi connectivity index (χ0) is 17.6. The molecule has 0 unspecified atom stereocenters. The number of thioether (sulfide) groups is 1. The molecule has 7 heteroatoms. The molecule has 1 amide bonds. The van der Waals surface area contributed by atoms with Gasteiger partial charge < -0.3 is 15.6 Å². The Bertz CT molecular complexity index is 846. The Kier molecular flexibility index (Phi) is 5.35. The molecule has 3 aromatic rings. The van der Waals surface area contributed by atoms with E-state index in [-0.39, 0.29) is 11.7 Å². The Morgan fingerprint density at radius 3 is 2.52 bits per heavy atom. The van der Waals surface area contributed by atoms with Crippen LogP contribution in [-0.4, -0.2) is 26.4 Å². The monoisotopic (exact) mass is 353 g/mol. The molecule has 3 rings (SSSR count). The minimum Gasteiger partial charge on any atom is -0.399 e. The van der Waals surface area contributed by atoms with E-state index in [9.17, 15) is 4.79 Å². The molecule has 2 aromatic carbocycles. The summed E-state index contributed by atoms with van der Waals surface area (Å²) in [6.45, 7) is 2.74. The Balaban J connectivity index is 1.69. The van der Waals surface area contributed by atoms with Gasteiger partial charge in [0.15, 0.2) is 11.0 Å². The summed E-state index contributed by atoms with van der Waals surface area (Å²) < 4.78 is 1.99. The molecule has 3 N–H and O–H groups in total. The fourth-order valence-electron chi connectivity index (χ4n) is 2.37. The van der Waals surface area contributed by atoms with Crippen LogP contribution in [0.4, 0.5) is 11.4 Å². The van der Waals surface area contributed by atoms with Crippen molar-refractivity contribution in [3.05, 3.63) is 54.6 Å². The molecule has 0 aliphatic rings. The predicted octanol–water partition coefficient (Wildman–Crippen LogP) is 3.28. The zero-order valence-corrected chi connectivity index (χ0v) is 14.7. The molecule has 1 heterocycles. The van der Waals surface area contributed by atoms with Crippen LogP contribution in [0.15, 0.2) is 59.8 Å². The van der Waals surface area contributed by atoms with E-state index < -0.39 is 0 Å². The van der Waals surface area contributed by atoms with Gasteiger partial charge in [0, 0.05) is 23.5 Å². The fraction of sp³-hybridized carbons (Fsp3) is 0.167. The van der Waals surface area contributed by atoms with Crippen LogP contribution in [-0.2, 0) is 11.3 Å². The van der Waals surface area contributed by atoms with Crippen LogP contribution in [0.2, 0.25) is 0 Å². The number of para-hydroxylation sites is 1. The Hall–Kier alpha value is -2.80. The average molecular weight is 353 g/mol. The molecule has 0 aliphatic heterocycles. The SMILES string of the molecule is CCn1c(SCC(=O)Nc2ccccc2)nnc1-c1ccc(N)cc1. The third-order valence-electron chi connectivity index (χ3n) is 3.59. The fourth-order valence-corrected chi connectivity index (χ4v) is 3.18. The van der Waals surface area contributed by atoms with E-state index in [1.807, 2.05) is 66.1 Å². The van der Waals surface area contributed by atoms with Gasteiger partial charge in [0.05, 0.1) is 5.75 Å². The highest BCUT2D eigenvalue weighted by Gasteiger charge is 2.14. The Labute approximate surface area is 150 Å². The molecule has 0 spiro atoms. The van der Waals surface area contributed by atoms with Gasteiger partial charge in [0.25, 0.3) is 0 Å². The largest absolute Gasteiger partial charge is 0.399 e. The number of nitrogens with one attached hydrogen (secondary N) is 1. The highest BCUT2D eigenvalue weighted by molar-refractivity contribution is 7.99. The molecule has 0 fully saturated rings. The highest BCUT2D eigenvalue weighted by Crippen LogP contribution is 2.24. The number of anilines is 2. The molecule has 0 saturated carbocycles. The normalized spacial score (nSPS) is 10.6. The molecule has 25 heavy (non-hydrogen) atoms. The quantitative estimate of drug-likeness (QED) is 0.525. The number of nitrogen functional groups attached to an aromatic ring is 1. The first-order valence-electron chi connectivity index (χ1n) is 7.94. The number of rotatable bonds is 6. The minimum atomic E-state index is -0.0733. The van der Waals surface area contributed by atoms with Gasteiger partial charge >= 0.3 is 0 Å². The van der Waals surface area contributed by atoms with E-state index in [0.29, 0.717) is 5.69 Å². The maximum absolute atomic E-state index is 12.1. The van der Waals surface area contributed by atoms with Crippen molar-refractivity contribution in [2.45, 2.75) is 18.6 Å². The summed E-state index contributed by atoms with van der Waals surface area (Å²) in [5, 5.41) is 12.1. The van der Waals surface area contributed by atoms with E-state index in [1.54, 1.807) is 0 Å². The summed E-state index contributed by atoms with van der Waals surface area (Å²) in [7, 11) is 0. The van der Waals surface area contributed by atoms with Crippen LogP contribution in [0.1, 0.15) is 6.92 Å². The summed E-state index contributed by atoms with van der Waals surface area (Å²) in [6, 6.07) is 16.9. The maximum atomic E-state index is 12.1. The summed E-state index contributed by atoms with van der Waals surface area (Å²) in [5.41, 5.74) is 8.17. The van der Waals surface area contributed by atoms with Gasteiger partial charge in [-0.05, 0) is 43.3 Å². The first-order valence-corrected chi connectivity index (χ1v) is 8.92. The molecule has 0 aliphatic carbocycles. The molecule has 6 nitrogen and oxygen atoms in total. The van der Waals surface area contributed by atoms with Gasteiger partial charge in [-0.1, -0.05) is 30.0 Å². The van der Waals surface area contributed by atoms with Crippen molar-refractivity contribution < 1.29 is 4.79 Å². The molecule has 1 aromatic heterocycles. The highest BCUT2D eigenvalue weighted by atomic mass is 32.2. The van der Waals surface area contributed by atoms with Crippen LogP contribution in [0.3, 0.4) is 0 Å². The first kappa shape index (κ1) is 17.0. The molecular weight excluding hydrogens is 334 g/mol. The zero-order valence-electron chi connectivity index (χ0n) is 13.8. The third kappa shape index (κ3) is 4.19. The van der Waals surface area contributed by atoms with E-state index in [1.165, 1.54) is 11.8 Å². The van der Waals surface area contributed by atoms with Gasteiger partial charge in [0.2, 0.25) is 5.91 Å². The topological polar surface area (TPSA) is 85.8 Å².